The molecule has 0 unspecified atom stereocenters. The van der Waals surface area contributed by atoms with E-state index in [9.17, 15) is 18.4 Å². The molecule has 5 rings (SSSR count). The van der Waals surface area contributed by atoms with E-state index >= 15 is 0 Å². The average molecular weight is 464 g/mol. The van der Waals surface area contributed by atoms with E-state index < -0.39 is 17.5 Å². The number of nitrogens with zero attached hydrogens (tertiary/aromatic N) is 2. The average Bonchev–Trinajstić information content (AvgIpc) is 3.09. The number of aromatic nitrogens is 2. The SMILES string of the molecule is CC(C)CCC(=O)C1=CN(C(=O)c2ccc(F)c(F)c2)CC2(CCC2)c2c1[nH]c1ncccc21. The summed E-state index contributed by atoms with van der Waals surface area (Å²) in [5.74, 6) is -2.22. The maximum Gasteiger partial charge on any atom is 0.257 e. The number of fused-ring (bicyclic) bond motifs is 4. The number of hydrogen-bond donors (Lipinski definition) is 1. The van der Waals surface area contributed by atoms with Crippen LogP contribution in [-0.2, 0) is 10.2 Å². The van der Waals surface area contributed by atoms with Gasteiger partial charge in [0.25, 0.3) is 5.91 Å². The van der Waals surface area contributed by atoms with Crippen LogP contribution in [0.1, 0.15) is 67.6 Å². The number of aromatic amines is 1. The van der Waals surface area contributed by atoms with E-state index in [4.69, 9.17) is 0 Å². The molecule has 0 radical (unpaired) electrons. The quantitative estimate of drug-likeness (QED) is 0.523. The molecule has 7 heteroatoms. The van der Waals surface area contributed by atoms with E-state index in [0.717, 1.165) is 60.1 Å². The highest BCUT2D eigenvalue weighted by atomic mass is 19.2. The molecule has 5 nitrogen and oxygen atoms in total. The molecule has 1 aliphatic heterocycles. The Labute approximate surface area is 196 Å². The molecule has 1 spiro atoms. The Morgan fingerprint density at radius 2 is 1.97 bits per heavy atom. The second-order valence-electron chi connectivity index (χ2n) is 9.87. The third-order valence-corrected chi connectivity index (χ3v) is 7.12. The van der Waals surface area contributed by atoms with Crippen molar-refractivity contribution in [2.45, 2.75) is 51.4 Å². The third kappa shape index (κ3) is 3.73. The molecule has 2 aromatic heterocycles. The van der Waals surface area contributed by atoms with Gasteiger partial charge in [0.1, 0.15) is 5.65 Å². The van der Waals surface area contributed by atoms with E-state index in [2.05, 4.69) is 23.8 Å². The lowest BCUT2D eigenvalue weighted by Crippen LogP contribution is -2.45. The molecule has 1 amide bonds. The number of Topliss-reactive ketones (excluding diaryl/α,β-unsaturated/α-hetero) is 1. The number of pyridine rings is 1. The van der Waals surface area contributed by atoms with Crippen molar-refractivity contribution in [3.05, 3.63) is 71.2 Å². The van der Waals surface area contributed by atoms with Crippen molar-refractivity contribution >= 4 is 28.3 Å². The normalized spacial score (nSPS) is 16.9. The van der Waals surface area contributed by atoms with Gasteiger partial charge in [0.15, 0.2) is 17.4 Å². The minimum absolute atomic E-state index is 0.0516. The van der Waals surface area contributed by atoms with Gasteiger partial charge in [-0.05, 0) is 61.1 Å². The summed E-state index contributed by atoms with van der Waals surface area (Å²) >= 11 is 0. The van der Waals surface area contributed by atoms with Gasteiger partial charge >= 0.3 is 0 Å². The fraction of sp³-hybridized carbons (Fsp3) is 0.370. The Kier molecular flexibility index (Phi) is 5.58. The number of hydrogen-bond acceptors (Lipinski definition) is 3. The first-order valence-electron chi connectivity index (χ1n) is 11.8. The van der Waals surface area contributed by atoms with Crippen LogP contribution in [-0.4, -0.2) is 33.1 Å². The second kappa shape index (κ2) is 8.46. The van der Waals surface area contributed by atoms with E-state index in [-0.39, 0.29) is 16.8 Å². The number of rotatable bonds is 5. The largest absolute Gasteiger partial charge is 0.339 e. The minimum Gasteiger partial charge on any atom is -0.339 e. The molecule has 0 saturated heterocycles. The van der Waals surface area contributed by atoms with Crippen molar-refractivity contribution in [3.8, 4) is 0 Å². The zero-order chi connectivity index (χ0) is 24.0. The number of carbonyl (C=O) groups is 2. The molecule has 2 aliphatic rings. The van der Waals surface area contributed by atoms with Crippen molar-refractivity contribution < 1.29 is 18.4 Å². The van der Waals surface area contributed by atoms with Crippen molar-refractivity contribution in [2.75, 3.05) is 6.54 Å². The van der Waals surface area contributed by atoms with Gasteiger partial charge in [-0.15, -0.1) is 0 Å². The Morgan fingerprint density at radius 3 is 2.65 bits per heavy atom. The Morgan fingerprint density at radius 1 is 1.18 bits per heavy atom. The zero-order valence-electron chi connectivity index (χ0n) is 19.3. The van der Waals surface area contributed by atoms with Crippen LogP contribution in [0.2, 0.25) is 0 Å². The highest BCUT2D eigenvalue weighted by Gasteiger charge is 2.47. The van der Waals surface area contributed by atoms with Crippen molar-refractivity contribution in [3.63, 3.8) is 0 Å². The van der Waals surface area contributed by atoms with E-state index in [1.807, 2.05) is 12.1 Å². The van der Waals surface area contributed by atoms with Gasteiger partial charge in [-0.25, -0.2) is 13.8 Å². The summed E-state index contributed by atoms with van der Waals surface area (Å²) < 4.78 is 27.4. The van der Waals surface area contributed by atoms with E-state index in [1.54, 1.807) is 12.4 Å². The molecule has 1 N–H and O–H groups in total. The number of ketones is 1. The fourth-order valence-electron chi connectivity index (χ4n) is 5.15. The molecule has 0 atom stereocenters. The van der Waals surface area contributed by atoms with E-state index in [0.29, 0.717) is 24.5 Å². The molecule has 1 saturated carbocycles. The predicted octanol–water partition coefficient (Wildman–Crippen LogP) is 5.77. The van der Waals surface area contributed by atoms with Gasteiger partial charge in [0, 0.05) is 41.7 Å². The first-order valence-corrected chi connectivity index (χ1v) is 11.8. The number of allylic oxidation sites excluding steroid dienone is 1. The van der Waals surface area contributed by atoms with Gasteiger partial charge in [-0.3, -0.25) is 9.59 Å². The van der Waals surface area contributed by atoms with Crippen LogP contribution in [0.25, 0.3) is 16.6 Å². The third-order valence-electron chi connectivity index (χ3n) is 7.12. The Bertz CT molecular complexity index is 1320. The van der Waals surface area contributed by atoms with E-state index in [1.165, 1.54) is 11.0 Å². The summed E-state index contributed by atoms with van der Waals surface area (Å²) in [4.78, 5) is 36.3. The summed E-state index contributed by atoms with van der Waals surface area (Å²) in [5.41, 5.74) is 2.64. The van der Waals surface area contributed by atoms with Gasteiger partial charge in [-0.1, -0.05) is 20.3 Å². The number of halogens is 2. The molecule has 176 valence electrons. The van der Waals surface area contributed by atoms with Crippen LogP contribution in [0.4, 0.5) is 8.78 Å². The molecule has 3 heterocycles. The molecular weight excluding hydrogens is 436 g/mol. The smallest absolute Gasteiger partial charge is 0.257 e. The number of benzene rings is 1. The zero-order valence-corrected chi connectivity index (χ0v) is 19.3. The highest BCUT2D eigenvalue weighted by Crippen LogP contribution is 2.51. The molecule has 1 fully saturated rings. The summed E-state index contributed by atoms with van der Waals surface area (Å²) in [5, 5.41) is 0.960. The lowest BCUT2D eigenvalue weighted by atomic mass is 9.63. The first-order chi connectivity index (χ1) is 16.3. The van der Waals surface area contributed by atoms with Crippen LogP contribution in [0, 0.1) is 17.6 Å². The lowest BCUT2D eigenvalue weighted by molar-refractivity contribution is -0.114. The van der Waals surface area contributed by atoms with Crippen LogP contribution >= 0.6 is 0 Å². The Balaban J connectivity index is 1.65. The molecule has 34 heavy (non-hydrogen) atoms. The van der Waals surface area contributed by atoms with Gasteiger partial charge in [0.2, 0.25) is 0 Å². The molecule has 3 aromatic rings. The molecular formula is C27H27F2N3O2. The summed E-state index contributed by atoms with van der Waals surface area (Å²) in [6, 6.07) is 7.04. The number of nitrogens with one attached hydrogen (secondary N) is 1. The Hall–Kier alpha value is -3.35. The van der Waals surface area contributed by atoms with Crippen LogP contribution in [0.5, 0.6) is 0 Å². The first kappa shape index (κ1) is 22.4. The van der Waals surface area contributed by atoms with Gasteiger partial charge in [0.05, 0.1) is 11.3 Å². The summed E-state index contributed by atoms with van der Waals surface area (Å²) in [6.07, 6.45) is 7.14. The minimum atomic E-state index is -1.07. The molecule has 0 bridgehead atoms. The van der Waals surface area contributed by atoms with Crippen molar-refractivity contribution in [2.24, 2.45) is 5.92 Å². The van der Waals surface area contributed by atoms with Crippen molar-refractivity contribution in [1.29, 1.82) is 0 Å². The van der Waals surface area contributed by atoms with Crippen LogP contribution < -0.4 is 0 Å². The summed E-state index contributed by atoms with van der Waals surface area (Å²) in [7, 11) is 0. The number of H-pyrrole nitrogens is 1. The second-order valence-corrected chi connectivity index (χ2v) is 9.87. The van der Waals surface area contributed by atoms with Crippen LogP contribution in [0.3, 0.4) is 0 Å². The summed E-state index contributed by atoms with van der Waals surface area (Å²) in [6.45, 7) is 4.49. The highest BCUT2D eigenvalue weighted by molar-refractivity contribution is 6.22. The fourth-order valence-corrected chi connectivity index (χ4v) is 5.15. The monoisotopic (exact) mass is 463 g/mol. The standard InChI is InChI=1S/C27H27F2N3O2/c1-16(2)6-9-22(33)19-14-32(26(34)17-7-8-20(28)21(29)13-17)15-27(10-4-11-27)23-18-5-3-12-30-25(18)31-24(19)23/h3,5,7-8,12-14,16H,4,6,9-11,15H2,1-2H3,(H,30,31). The van der Waals surface area contributed by atoms with Crippen LogP contribution in [0.15, 0.2) is 42.7 Å². The molecule has 1 aliphatic carbocycles. The predicted molar refractivity (Wildman–Crippen MR) is 126 cm³/mol. The van der Waals surface area contributed by atoms with Gasteiger partial charge in [-0.2, -0.15) is 0 Å². The lowest BCUT2D eigenvalue weighted by Gasteiger charge is -2.44. The maximum absolute atomic E-state index is 13.9. The maximum atomic E-state index is 13.9. The van der Waals surface area contributed by atoms with Gasteiger partial charge < -0.3 is 9.88 Å². The number of carbonyl (C=O) groups excluding carboxylic acids is 2. The molecule has 1 aromatic carbocycles. The topological polar surface area (TPSA) is 66.1 Å². The number of amides is 1. The van der Waals surface area contributed by atoms with Crippen molar-refractivity contribution in [1.82, 2.24) is 14.9 Å².